The summed E-state index contributed by atoms with van der Waals surface area (Å²) < 4.78 is 33.3. The van der Waals surface area contributed by atoms with Crippen molar-refractivity contribution in [2.24, 2.45) is 11.8 Å². The van der Waals surface area contributed by atoms with Crippen LogP contribution >= 0.6 is 0 Å². The SMILES string of the molecule is CN1CC2CCC1C(CNC(=O)c1cn(-c3ccc4c(c3)CN(C3CCC(=O)NC3=O)C4=O)nn1)C2.O=C(O)C(F)(F)F. The zero-order valence-corrected chi connectivity index (χ0v) is 23.1. The van der Waals surface area contributed by atoms with E-state index < -0.39 is 24.1 Å². The van der Waals surface area contributed by atoms with Gasteiger partial charge in [0.05, 0.1) is 11.9 Å². The number of alkyl halides is 3. The summed E-state index contributed by atoms with van der Waals surface area (Å²) in [7, 11) is 2.17. The highest BCUT2D eigenvalue weighted by Gasteiger charge is 2.40. The van der Waals surface area contributed by atoms with E-state index in [9.17, 15) is 32.3 Å². The van der Waals surface area contributed by atoms with Gasteiger partial charge in [-0.25, -0.2) is 9.48 Å². The van der Waals surface area contributed by atoms with Crippen molar-refractivity contribution in [1.29, 1.82) is 0 Å². The number of halogens is 3. The maximum atomic E-state index is 12.9. The molecule has 1 aliphatic carbocycles. The molecule has 43 heavy (non-hydrogen) atoms. The van der Waals surface area contributed by atoms with Crippen LogP contribution in [0.4, 0.5) is 13.2 Å². The first-order chi connectivity index (χ1) is 20.3. The zero-order valence-electron chi connectivity index (χ0n) is 23.1. The summed E-state index contributed by atoms with van der Waals surface area (Å²) >= 11 is 0. The second-order valence-corrected chi connectivity index (χ2v) is 11.2. The van der Waals surface area contributed by atoms with Crippen LogP contribution in [0.3, 0.4) is 0 Å². The number of imide groups is 1. The first-order valence-electron chi connectivity index (χ1n) is 13.8. The molecule has 5 aliphatic rings. The van der Waals surface area contributed by atoms with Gasteiger partial charge in [-0.3, -0.25) is 24.5 Å². The molecule has 3 saturated heterocycles. The Bertz CT molecular complexity index is 1460. The minimum absolute atomic E-state index is 0.213. The van der Waals surface area contributed by atoms with Crippen molar-refractivity contribution in [2.45, 2.75) is 56.9 Å². The molecular weight excluding hydrogens is 575 g/mol. The van der Waals surface area contributed by atoms with Gasteiger partial charge < -0.3 is 20.2 Å². The molecule has 13 nitrogen and oxygen atoms in total. The number of nitrogens with zero attached hydrogens (tertiary/aromatic N) is 5. The van der Waals surface area contributed by atoms with Crippen molar-refractivity contribution in [3.63, 3.8) is 0 Å². The van der Waals surface area contributed by atoms with Gasteiger partial charge >= 0.3 is 12.1 Å². The van der Waals surface area contributed by atoms with Crippen molar-refractivity contribution >= 4 is 29.6 Å². The summed E-state index contributed by atoms with van der Waals surface area (Å²) in [4.78, 5) is 62.2. The van der Waals surface area contributed by atoms with Crippen LogP contribution in [0.25, 0.3) is 5.69 Å². The molecule has 7 rings (SSSR count). The fraction of sp³-hybridized carbons (Fsp3) is 0.519. The minimum Gasteiger partial charge on any atom is -0.475 e. The smallest absolute Gasteiger partial charge is 0.475 e. The van der Waals surface area contributed by atoms with Crippen LogP contribution in [-0.4, -0.2) is 97.9 Å². The molecule has 4 fully saturated rings. The number of carbonyl (C=O) groups excluding carboxylic acids is 4. The van der Waals surface area contributed by atoms with E-state index >= 15 is 0 Å². The van der Waals surface area contributed by atoms with E-state index in [0.717, 1.165) is 24.4 Å². The monoisotopic (exact) mass is 605 g/mol. The molecule has 4 atom stereocenters. The van der Waals surface area contributed by atoms with Crippen LogP contribution in [-0.2, 0) is 20.9 Å². The third kappa shape index (κ3) is 6.38. The van der Waals surface area contributed by atoms with Gasteiger partial charge in [0.15, 0.2) is 5.69 Å². The molecule has 2 bridgehead atoms. The van der Waals surface area contributed by atoms with E-state index in [1.54, 1.807) is 18.3 Å². The summed E-state index contributed by atoms with van der Waals surface area (Å²) in [6.45, 7) is 2.06. The van der Waals surface area contributed by atoms with Crippen molar-refractivity contribution in [3.8, 4) is 5.69 Å². The summed E-state index contributed by atoms with van der Waals surface area (Å²) in [5.41, 5.74) is 2.20. The highest BCUT2D eigenvalue weighted by molar-refractivity contribution is 6.05. The molecule has 1 saturated carbocycles. The molecule has 230 valence electrons. The highest BCUT2D eigenvalue weighted by atomic mass is 19.4. The van der Waals surface area contributed by atoms with Crippen molar-refractivity contribution in [2.75, 3.05) is 20.1 Å². The number of aromatic nitrogens is 3. The number of fused-ring (bicyclic) bond motifs is 4. The summed E-state index contributed by atoms with van der Waals surface area (Å²) in [5, 5.41) is 20.7. The fourth-order valence-electron chi connectivity index (χ4n) is 6.37. The lowest BCUT2D eigenvalue weighted by Crippen LogP contribution is -2.53. The summed E-state index contributed by atoms with van der Waals surface area (Å²) in [6, 6.07) is 5.14. The van der Waals surface area contributed by atoms with Gasteiger partial charge in [-0.2, -0.15) is 13.2 Å². The number of hydrogen-bond donors (Lipinski definition) is 3. The number of carboxylic acid groups (broad SMARTS) is 1. The molecule has 0 spiro atoms. The Hall–Kier alpha value is -4.34. The molecule has 1 aromatic carbocycles. The van der Waals surface area contributed by atoms with Crippen molar-refractivity contribution < 1.29 is 42.3 Å². The molecule has 4 aliphatic heterocycles. The van der Waals surface area contributed by atoms with Crippen LogP contribution < -0.4 is 10.6 Å². The van der Waals surface area contributed by atoms with Gasteiger partial charge in [-0.15, -0.1) is 5.10 Å². The number of carbonyl (C=O) groups is 5. The van der Waals surface area contributed by atoms with Crippen LogP contribution in [0, 0.1) is 11.8 Å². The lowest BCUT2D eigenvalue weighted by atomic mass is 9.73. The van der Waals surface area contributed by atoms with E-state index in [1.165, 1.54) is 22.4 Å². The lowest BCUT2D eigenvalue weighted by Gasteiger charge is -2.48. The first kappa shape index (κ1) is 30.1. The molecule has 4 amide bonds. The molecule has 3 N–H and O–H groups in total. The normalized spacial score (nSPS) is 25.1. The third-order valence-corrected chi connectivity index (χ3v) is 8.43. The van der Waals surface area contributed by atoms with Gasteiger partial charge in [0.25, 0.3) is 11.8 Å². The Morgan fingerprint density at radius 3 is 2.56 bits per heavy atom. The number of nitrogens with one attached hydrogen (secondary N) is 2. The van der Waals surface area contributed by atoms with Crippen molar-refractivity contribution in [3.05, 3.63) is 41.2 Å². The van der Waals surface area contributed by atoms with Gasteiger partial charge in [0, 0.05) is 37.7 Å². The molecule has 4 unspecified atom stereocenters. The van der Waals surface area contributed by atoms with E-state index in [-0.39, 0.29) is 36.4 Å². The zero-order chi connectivity index (χ0) is 31.1. The van der Waals surface area contributed by atoms with Gasteiger partial charge in [-0.1, -0.05) is 5.21 Å². The maximum absolute atomic E-state index is 12.9. The second kappa shape index (κ2) is 11.7. The Morgan fingerprint density at radius 1 is 1.16 bits per heavy atom. The molecule has 0 radical (unpaired) electrons. The average molecular weight is 606 g/mol. The molecule has 1 aromatic heterocycles. The fourth-order valence-corrected chi connectivity index (χ4v) is 6.37. The Kier molecular flexibility index (Phi) is 8.23. The van der Waals surface area contributed by atoms with Crippen molar-refractivity contribution in [1.82, 2.24) is 35.4 Å². The lowest BCUT2D eigenvalue weighted by molar-refractivity contribution is -0.192. The molecule has 5 heterocycles. The van der Waals surface area contributed by atoms with Gasteiger partial charge in [-0.05, 0) is 68.3 Å². The Labute approximate surface area is 243 Å². The predicted octanol–water partition coefficient (Wildman–Crippen LogP) is 1.12. The molecular formula is C27H30F3N7O6. The number of piperidine rings is 3. The Balaban J connectivity index is 0.000000472. The number of rotatable bonds is 5. The summed E-state index contributed by atoms with van der Waals surface area (Å²) in [5.74, 6) is -2.80. The van der Waals surface area contributed by atoms with Crippen LogP contribution in [0.2, 0.25) is 0 Å². The third-order valence-electron chi connectivity index (χ3n) is 8.43. The largest absolute Gasteiger partial charge is 0.490 e. The quantitative estimate of drug-likeness (QED) is 0.423. The molecule has 2 aromatic rings. The minimum atomic E-state index is -5.08. The number of benzene rings is 1. The van der Waals surface area contributed by atoms with E-state index in [0.29, 0.717) is 36.2 Å². The average Bonchev–Trinajstić information content (AvgIpc) is 3.57. The second-order valence-electron chi connectivity index (χ2n) is 11.2. The summed E-state index contributed by atoms with van der Waals surface area (Å²) in [6.07, 6.45) is 0.670. The van der Waals surface area contributed by atoms with Gasteiger partial charge in [0.2, 0.25) is 11.8 Å². The van der Waals surface area contributed by atoms with E-state index in [1.807, 2.05) is 6.07 Å². The maximum Gasteiger partial charge on any atom is 0.490 e. The number of carboxylic acids is 1. The highest BCUT2D eigenvalue weighted by Crippen LogP contribution is 2.38. The van der Waals surface area contributed by atoms with Crippen LogP contribution in [0.1, 0.15) is 58.5 Å². The Morgan fingerprint density at radius 2 is 1.91 bits per heavy atom. The van der Waals surface area contributed by atoms with E-state index in [2.05, 4.69) is 32.9 Å². The van der Waals surface area contributed by atoms with E-state index in [4.69, 9.17) is 9.90 Å². The predicted molar refractivity (Wildman–Crippen MR) is 141 cm³/mol. The number of aliphatic carboxylic acids is 1. The first-order valence-corrected chi connectivity index (χ1v) is 13.8. The van der Waals surface area contributed by atoms with Gasteiger partial charge in [0.1, 0.15) is 6.04 Å². The van der Waals surface area contributed by atoms with Crippen LogP contribution in [0.15, 0.2) is 24.4 Å². The standard InChI is InChI=1S/C25H29N7O4.C2HF3O2/c1-30-11-14-2-5-20(30)15(8-14)10-26-23(34)19-13-32(29-28-19)17-3-4-18-16(9-17)12-31(25(18)36)21-6-7-22(33)27-24(21)35;3-2(4,5)1(6)7/h3-4,9,13-15,20-21H,2,5-8,10-12H2,1H3,(H,26,34)(H,27,33,35);(H,6,7). The van der Waals surface area contributed by atoms with Crippen LogP contribution in [0.5, 0.6) is 0 Å². The number of amides is 4. The number of hydrogen-bond acceptors (Lipinski definition) is 8. The molecule has 16 heteroatoms. The topological polar surface area (TPSA) is 167 Å².